The van der Waals surface area contributed by atoms with Gasteiger partial charge in [-0.05, 0) is 30.7 Å². The number of carbonyl (C=O) groups excluding carboxylic acids is 1. The number of carbonyl (C=O) groups is 1. The molecular weight excluding hydrogens is 258 g/mol. The first-order valence-corrected chi connectivity index (χ1v) is 7.05. The van der Waals surface area contributed by atoms with E-state index in [9.17, 15) is 4.79 Å². The third-order valence-corrected chi connectivity index (χ3v) is 3.96. The fraction of sp³-hybridized carbons (Fsp3) is 0.286. The lowest BCUT2D eigenvalue weighted by Gasteiger charge is -2.05. The summed E-state index contributed by atoms with van der Waals surface area (Å²) in [5, 5.41) is 5.80. The third-order valence-electron chi connectivity index (χ3n) is 2.73. The molecule has 4 nitrogen and oxygen atoms in total. The number of thiophene rings is 1. The van der Waals surface area contributed by atoms with Gasteiger partial charge in [-0.2, -0.15) is 0 Å². The van der Waals surface area contributed by atoms with E-state index in [0.717, 1.165) is 11.3 Å². The highest BCUT2D eigenvalue weighted by molar-refractivity contribution is 7.11. The molecule has 0 saturated heterocycles. The van der Waals surface area contributed by atoms with E-state index in [1.165, 1.54) is 4.88 Å². The summed E-state index contributed by atoms with van der Waals surface area (Å²) in [5.74, 6) is 0.542. The van der Waals surface area contributed by atoms with Crippen molar-refractivity contribution in [2.75, 3.05) is 12.4 Å². The first kappa shape index (κ1) is 13.5. The highest BCUT2D eigenvalue weighted by atomic mass is 32.1. The van der Waals surface area contributed by atoms with Crippen LogP contribution >= 0.6 is 11.3 Å². The van der Waals surface area contributed by atoms with Gasteiger partial charge in [0, 0.05) is 16.8 Å². The maximum absolute atomic E-state index is 12.0. The summed E-state index contributed by atoms with van der Waals surface area (Å²) >= 11 is 1.73. The second-order valence-electron chi connectivity index (χ2n) is 4.06. The van der Waals surface area contributed by atoms with Crippen molar-refractivity contribution in [1.29, 1.82) is 0 Å². The van der Waals surface area contributed by atoms with Gasteiger partial charge >= 0.3 is 0 Å². The maximum Gasteiger partial charge on any atom is 0.270 e. The normalized spacial score (nSPS) is 10.2. The predicted molar refractivity (Wildman–Crippen MR) is 78.7 cm³/mol. The van der Waals surface area contributed by atoms with Crippen LogP contribution in [0.1, 0.15) is 27.2 Å². The molecule has 0 saturated carbocycles. The van der Waals surface area contributed by atoms with Crippen molar-refractivity contribution in [1.82, 2.24) is 10.3 Å². The molecule has 2 rings (SSSR count). The lowest BCUT2D eigenvalue weighted by atomic mass is 10.3. The van der Waals surface area contributed by atoms with E-state index in [1.807, 2.05) is 12.1 Å². The van der Waals surface area contributed by atoms with Crippen molar-refractivity contribution < 1.29 is 4.79 Å². The molecular formula is C14H17N3OS. The molecule has 2 aromatic heterocycles. The molecule has 0 radical (unpaired) electrons. The monoisotopic (exact) mass is 275 g/mol. The molecule has 5 heteroatoms. The highest BCUT2D eigenvalue weighted by Gasteiger charge is 2.08. The molecule has 2 aromatic rings. The Bertz CT molecular complexity index is 565. The molecule has 2 N–H and O–H groups in total. The Morgan fingerprint density at radius 3 is 2.74 bits per heavy atom. The number of amides is 1. The van der Waals surface area contributed by atoms with E-state index in [4.69, 9.17) is 0 Å². The summed E-state index contributed by atoms with van der Waals surface area (Å²) < 4.78 is 0. The second-order valence-corrected chi connectivity index (χ2v) is 5.32. The van der Waals surface area contributed by atoms with Gasteiger partial charge in [0.1, 0.15) is 11.5 Å². The van der Waals surface area contributed by atoms with Gasteiger partial charge < -0.3 is 10.6 Å². The Morgan fingerprint density at radius 1 is 1.26 bits per heavy atom. The average Bonchev–Trinajstić information content (AvgIpc) is 2.93. The summed E-state index contributed by atoms with van der Waals surface area (Å²) in [6, 6.07) is 9.51. The molecule has 0 unspecified atom stereocenters. The van der Waals surface area contributed by atoms with Gasteiger partial charge in [-0.1, -0.05) is 13.0 Å². The van der Waals surface area contributed by atoms with Crippen molar-refractivity contribution in [2.45, 2.75) is 19.9 Å². The molecule has 2 heterocycles. The number of aryl methyl sites for hydroxylation is 1. The average molecular weight is 275 g/mol. The van der Waals surface area contributed by atoms with Crippen LogP contribution in [-0.4, -0.2) is 17.9 Å². The van der Waals surface area contributed by atoms with Gasteiger partial charge in [0.15, 0.2) is 0 Å². The summed E-state index contributed by atoms with van der Waals surface area (Å²) in [4.78, 5) is 18.7. The summed E-state index contributed by atoms with van der Waals surface area (Å²) in [6.45, 7) is 2.68. The van der Waals surface area contributed by atoms with Gasteiger partial charge in [0.2, 0.25) is 0 Å². The van der Waals surface area contributed by atoms with E-state index < -0.39 is 0 Å². The zero-order chi connectivity index (χ0) is 13.7. The quantitative estimate of drug-likeness (QED) is 0.882. The van der Waals surface area contributed by atoms with Crippen LogP contribution in [0.2, 0.25) is 0 Å². The van der Waals surface area contributed by atoms with Gasteiger partial charge in [0.05, 0.1) is 6.54 Å². The van der Waals surface area contributed by atoms with Crippen molar-refractivity contribution in [3.8, 4) is 0 Å². The Labute approximate surface area is 116 Å². The zero-order valence-corrected chi connectivity index (χ0v) is 11.9. The van der Waals surface area contributed by atoms with E-state index in [-0.39, 0.29) is 5.91 Å². The molecule has 0 aliphatic carbocycles. The molecule has 0 aliphatic rings. The first-order valence-electron chi connectivity index (χ1n) is 6.23. The van der Waals surface area contributed by atoms with Crippen molar-refractivity contribution in [3.05, 3.63) is 45.8 Å². The Hall–Kier alpha value is -1.88. The number of hydrogen-bond donors (Lipinski definition) is 2. The number of rotatable bonds is 5. The van der Waals surface area contributed by atoms with E-state index >= 15 is 0 Å². The SMILES string of the molecule is CCc1ccc(CNC(=O)c2cccc(NC)n2)s1. The Morgan fingerprint density at radius 2 is 2.05 bits per heavy atom. The van der Waals surface area contributed by atoms with Crippen LogP contribution in [-0.2, 0) is 13.0 Å². The van der Waals surface area contributed by atoms with Gasteiger partial charge in [-0.3, -0.25) is 4.79 Å². The minimum atomic E-state index is -0.149. The number of hydrogen-bond acceptors (Lipinski definition) is 4. The van der Waals surface area contributed by atoms with Crippen LogP contribution in [0.3, 0.4) is 0 Å². The smallest absolute Gasteiger partial charge is 0.270 e. The van der Waals surface area contributed by atoms with E-state index in [0.29, 0.717) is 18.1 Å². The van der Waals surface area contributed by atoms with Gasteiger partial charge in [-0.25, -0.2) is 4.98 Å². The van der Waals surface area contributed by atoms with E-state index in [1.54, 1.807) is 24.5 Å². The van der Waals surface area contributed by atoms with Crippen LogP contribution in [0.4, 0.5) is 5.82 Å². The Kier molecular flexibility index (Phi) is 4.52. The zero-order valence-electron chi connectivity index (χ0n) is 11.1. The first-order chi connectivity index (χ1) is 9.22. The van der Waals surface area contributed by atoms with Crippen molar-refractivity contribution in [2.24, 2.45) is 0 Å². The molecule has 100 valence electrons. The van der Waals surface area contributed by atoms with Crippen LogP contribution in [0, 0.1) is 0 Å². The minimum absolute atomic E-state index is 0.149. The number of nitrogens with one attached hydrogen (secondary N) is 2. The molecule has 0 aromatic carbocycles. The number of anilines is 1. The molecule has 0 aliphatic heterocycles. The summed E-state index contributed by atoms with van der Waals surface area (Å²) in [6.07, 6.45) is 1.03. The standard InChI is InChI=1S/C14H17N3OS/c1-3-10-7-8-11(19-10)9-16-14(18)12-5-4-6-13(15-2)17-12/h4-8H,3,9H2,1-2H3,(H,15,17)(H,16,18). The second kappa shape index (κ2) is 6.33. The number of aromatic nitrogens is 1. The van der Waals surface area contributed by atoms with E-state index in [2.05, 4.69) is 34.7 Å². The third kappa shape index (κ3) is 3.54. The lowest BCUT2D eigenvalue weighted by molar-refractivity contribution is 0.0946. The van der Waals surface area contributed by atoms with Gasteiger partial charge in [0.25, 0.3) is 5.91 Å². The molecule has 0 bridgehead atoms. The molecule has 0 atom stereocenters. The minimum Gasteiger partial charge on any atom is -0.373 e. The number of nitrogens with zero attached hydrogens (tertiary/aromatic N) is 1. The lowest BCUT2D eigenvalue weighted by Crippen LogP contribution is -2.23. The topological polar surface area (TPSA) is 54.0 Å². The fourth-order valence-electron chi connectivity index (χ4n) is 1.67. The Balaban J connectivity index is 1.96. The molecule has 0 fully saturated rings. The van der Waals surface area contributed by atoms with Crippen LogP contribution < -0.4 is 10.6 Å². The molecule has 19 heavy (non-hydrogen) atoms. The largest absolute Gasteiger partial charge is 0.373 e. The van der Waals surface area contributed by atoms with Gasteiger partial charge in [-0.15, -0.1) is 11.3 Å². The van der Waals surface area contributed by atoms with Crippen molar-refractivity contribution in [3.63, 3.8) is 0 Å². The van der Waals surface area contributed by atoms with Crippen LogP contribution in [0.15, 0.2) is 30.3 Å². The van der Waals surface area contributed by atoms with Crippen molar-refractivity contribution >= 4 is 23.1 Å². The molecule has 0 spiro atoms. The van der Waals surface area contributed by atoms with Crippen LogP contribution in [0.25, 0.3) is 0 Å². The van der Waals surface area contributed by atoms with Crippen LogP contribution in [0.5, 0.6) is 0 Å². The number of pyridine rings is 1. The molecule has 1 amide bonds. The summed E-state index contributed by atoms with van der Waals surface area (Å²) in [5.41, 5.74) is 0.430. The summed E-state index contributed by atoms with van der Waals surface area (Å²) in [7, 11) is 1.78. The maximum atomic E-state index is 12.0. The highest BCUT2D eigenvalue weighted by Crippen LogP contribution is 2.16. The fourth-order valence-corrected chi connectivity index (χ4v) is 2.56. The predicted octanol–water partition coefficient (Wildman–Crippen LogP) is 2.68.